The van der Waals surface area contributed by atoms with Crippen LogP contribution in [0.3, 0.4) is 0 Å². The summed E-state index contributed by atoms with van der Waals surface area (Å²) < 4.78 is 11.7. The molecule has 1 aromatic rings. The molecule has 1 heterocycles. The van der Waals surface area contributed by atoms with E-state index in [2.05, 4.69) is 19.2 Å². The summed E-state index contributed by atoms with van der Waals surface area (Å²) in [6.45, 7) is 10.4. The average Bonchev–Trinajstić information content (AvgIpc) is 3.46. The van der Waals surface area contributed by atoms with Gasteiger partial charge in [0.1, 0.15) is 6.04 Å². The van der Waals surface area contributed by atoms with Crippen LogP contribution in [-0.2, 0) is 35.1 Å². The van der Waals surface area contributed by atoms with E-state index in [1.807, 2.05) is 44.2 Å². The Hall–Kier alpha value is -2.98. The molecular weight excluding hydrogens is 550 g/mol. The van der Waals surface area contributed by atoms with E-state index in [0.717, 1.165) is 18.4 Å². The molecule has 0 aliphatic carbocycles. The Morgan fingerprint density at radius 3 is 2.23 bits per heavy atom. The number of carbonyl (C=O) groups is 4. The van der Waals surface area contributed by atoms with Crippen molar-refractivity contribution in [2.75, 3.05) is 27.8 Å². The Balaban J connectivity index is 2.18. The average molecular weight is 604 g/mol. The highest BCUT2D eigenvalue weighted by Gasteiger charge is 2.42. The molecule has 10 heteroatoms. The van der Waals surface area contributed by atoms with Gasteiger partial charge in [-0.15, -0.1) is 0 Å². The second-order valence-electron chi connectivity index (χ2n) is 12.3. The van der Waals surface area contributed by atoms with Gasteiger partial charge in [-0.2, -0.15) is 0 Å². The highest BCUT2D eigenvalue weighted by atomic mass is 16.5. The molecule has 1 fully saturated rings. The van der Waals surface area contributed by atoms with Crippen LogP contribution in [-0.4, -0.2) is 96.7 Å². The van der Waals surface area contributed by atoms with E-state index >= 15 is 0 Å². The zero-order chi connectivity index (χ0) is 32.3. The molecule has 7 atom stereocenters. The van der Waals surface area contributed by atoms with Crippen molar-refractivity contribution in [1.82, 2.24) is 15.1 Å². The van der Waals surface area contributed by atoms with E-state index in [9.17, 15) is 24.3 Å². The van der Waals surface area contributed by atoms with Crippen LogP contribution in [0.25, 0.3) is 0 Å². The standard InChI is InChI=1S/C33H53N3O7/c1-9-22(4)30(35(6)28(37)18-21(2)3)27(42-7)20-29(38)36-17-13-16-26(36)31(43-8)23(5)32(39)34-25(33(40)41)19-24-14-11-10-12-15-24/h10-12,14-15,21-23,25-27,30-31H,9,13,16-20H2,1-8H3,(H,34,39)(H,40,41)/t22-,23+,25-,26?,27+,30-,31+/m0/s1. The fourth-order valence-corrected chi connectivity index (χ4v) is 6.17. The van der Waals surface area contributed by atoms with Gasteiger partial charge in [-0.05, 0) is 30.2 Å². The Labute approximate surface area is 257 Å². The van der Waals surface area contributed by atoms with E-state index < -0.39 is 36.0 Å². The Morgan fingerprint density at radius 1 is 1.05 bits per heavy atom. The smallest absolute Gasteiger partial charge is 0.326 e. The predicted molar refractivity (Wildman–Crippen MR) is 165 cm³/mol. The lowest BCUT2D eigenvalue weighted by Gasteiger charge is -2.39. The summed E-state index contributed by atoms with van der Waals surface area (Å²) in [6.07, 6.45) is 1.79. The molecule has 0 radical (unpaired) electrons. The van der Waals surface area contributed by atoms with E-state index in [1.54, 1.807) is 30.9 Å². The number of hydrogen-bond donors (Lipinski definition) is 2. The number of carbonyl (C=O) groups excluding carboxylic acids is 3. The first kappa shape index (κ1) is 36.2. The summed E-state index contributed by atoms with van der Waals surface area (Å²) in [7, 11) is 4.88. The number of amides is 3. The molecule has 1 aliphatic heterocycles. The molecule has 242 valence electrons. The highest BCUT2D eigenvalue weighted by molar-refractivity contribution is 5.85. The zero-order valence-corrected chi connectivity index (χ0v) is 27.2. The number of carboxylic acid groups (broad SMARTS) is 1. The normalized spacial score (nSPS) is 19.3. The molecule has 0 bridgehead atoms. The number of benzene rings is 1. The van der Waals surface area contributed by atoms with Crippen LogP contribution in [0.5, 0.6) is 0 Å². The maximum absolute atomic E-state index is 13.8. The number of carboxylic acids is 1. The second kappa shape index (κ2) is 17.3. The van der Waals surface area contributed by atoms with Crippen LogP contribution < -0.4 is 5.32 Å². The number of likely N-dealkylation sites (N-methyl/N-ethyl adjacent to an activating group) is 1. The minimum absolute atomic E-state index is 0.0278. The van der Waals surface area contributed by atoms with E-state index in [1.165, 1.54) is 7.11 Å². The van der Waals surface area contributed by atoms with Gasteiger partial charge in [0.15, 0.2) is 0 Å². The summed E-state index contributed by atoms with van der Waals surface area (Å²) in [5, 5.41) is 12.5. The lowest BCUT2D eigenvalue weighted by molar-refractivity contribution is -0.147. The van der Waals surface area contributed by atoms with Gasteiger partial charge in [-0.1, -0.05) is 71.4 Å². The molecule has 43 heavy (non-hydrogen) atoms. The van der Waals surface area contributed by atoms with Crippen molar-refractivity contribution < 1.29 is 33.8 Å². The number of methoxy groups -OCH3 is 2. The van der Waals surface area contributed by atoms with Crippen molar-refractivity contribution in [3.05, 3.63) is 35.9 Å². The van der Waals surface area contributed by atoms with Gasteiger partial charge >= 0.3 is 5.97 Å². The maximum atomic E-state index is 13.8. The minimum atomic E-state index is -1.12. The number of aliphatic carboxylic acids is 1. The summed E-state index contributed by atoms with van der Waals surface area (Å²) in [4.78, 5) is 55.6. The van der Waals surface area contributed by atoms with Crippen LogP contribution in [0.2, 0.25) is 0 Å². The number of likely N-dealkylation sites (tertiary alicyclic amines) is 1. The number of hydrogen-bond acceptors (Lipinski definition) is 6. The Bertz CT molecular complexity index is 1050. The quantitative estimate of drug-likeness (QED) is 0.278. The van der Waals surface area contributed by atoms with Crippen LogP contribution >= 0.6 is 0 Å². The largest absolute Gasteiger partial charge is 0.480 e. The van der Waals surface area contributed by atoms with Crippen molar-refractivity contribution in [3.63, 3.8) is 0 Å². The molecule has 1 saturated heterocycles. The molecule has 2 rings (SSSR count). The predicted octanol–water partition coefficient (Wildman–Crippen LogP) is 3.76. The second-order valence-corrected chi connectivity index (χ2v) is 12.3. The van der Waals surface area contributed by atoms with E-state index in [4.69, 9.17) is 9.47 Å². The molecule has 1 aliphatic rings. The first-order valence-corrected chi connectivity index (χ1v) is 15.5. The molecular formula is C33H53N3O7. The fraction of sp³-hybridized carbons (Fsp3) is 0.697. The lowest BCUT2D eigenvalue weighted by Crippen LogP contribution is -2.54. The number of ether oxygens (including phenoxy) is 2. The van der Waals surface area contributed by atoms with Gasteiger partial charge in [0.05, 0.1) is 36.6 Å². The van der Waals surface area contributed by atoms with Gasteiger partial charge < -0.3 is 29.7 Å². The van der Waals surface area contributed by atoms with Crippen LogP contribution in [0.15, 0.2) is 30.3 Å². The number of nitrogens with zero attached hydrogens (tertiary/aromatic N) is 2. The third-order valence-electron chi connectivity index (χ3n) is 8.78. The van der Waals surface area contributed by atoms with Gasteiger partial charge in [0.2, 0.25) is 17.7 Å². The monoisotopic (exact) mass is 603 g/mol. The van der Waals surface area contributed by atoms with Crippen LogP contribution in [0.1, 0.15) is 72.3 Å². The molecule has 1 unspecified atom stereocenters. The van der Waals surface area contributed by atoms with Gasteiger partial charge in [0.25, 0.3) is 0 Å². The third-order valence-corrected chi connectivity index (χ3v) is 8.78. The van der Waals surface area contributed by atoms with Gasteiger partial charge in [0, 0.05) is 40.7 Å². The number of rotatable bonds is 17. The molecule has 0 aromatic heterocycles. The fourth-order valence-electron chi connectivity index (χ4n) is 6.17. The molecule has 10 nitrogen and oxygen atoms in total. The van der Waals surface area contributed by atoms with Crippen molar-refractivity contribution in [1.29, 1.82) is 0 Å². The summed E-state index contributed by atoms with van der Waals surface area (Å²) in [5.41, 5.74) is 0.804. The molecule has 0 saturated carbocycles. The number of nitrogens with one attached hydrogen (secondary N) is 1. The topological polar surface area (TPSA) is 125 Å². The van der Waals surface area contributed by atoms with Crippen molar-refractivity contribution in [2.24, 2.45) is 17.8 Å². The van der Waals surface area contributed by atoms with Crippen molar-refractivity contribution in [2.45, 2.75) is 103 Å². The highest BCUT2D eigenvalue weighted by Crippen LogP contribution is 2.29. The van der Waals surface area contributed by atoms with Crippen LogP contribution in [0, 0.1) is 17.8 Å². The first-order chi connectivity index (χ1) is 20.4. The van der Waals surface area contributed by atoms with Crippen LogP contribution in [0.4, 0.5) is 0 Å². The molecule has 2 N–H and O–H groups in total. The van der Waals surface area contributed by atoms with Gasteiger partial charge in [-0.25, -0.2) is 4.79 Å². The summed E-state index contributed by atoms with van der Waals surface area (Å²) in [6, 6.07) is 7.43. The first-order valence-electron chi connectivity index (χ1n) is 15.5. The van der Waals surface area contributed by atoms with Gasteiger partial charge in [-0.3, -0.25) is 14.4 Å². The SMILES string of the molecule is CC[C@H](C)[C@@H]([C@@H](CC(=O)N1CCCC1[C@H](OC)[C@@H](C)C(=O)N[C@@H](Cc1ccccc1)C(=O)O)OC)N(C)C(=O)CC(C)C. The molecule has 0 spiro atoms. The van der Waals surface area contributed by atoms with E-state index in [0.29, 0.717) is 19.4 Å². The Kier molecular flexibility index (Phi) is 14.6. The maximum Gasteiger partial charge on any atom is 0.326 e. The third kappa shape index (κ3) is 10.0. The molecule has 1 aromatic carbocycles. The summed E-state index contributed by atoms with van der Waals surface area (Å²) in [5.74, 6) is -2.02. The Morgan fingerprint density at radius 2 is 1.70 bits per heavy atom. The van der Waals surface area contributed by atoms with Crippen molar-refractivity contribution in [3.8, 4) is 0 Å². The lowest BCUT2D eigenvalue weighted by atomic mass is 9.90. The van der Waals surface area contributed by atoms with E-state index in [-0.39, 0.29) is 48.6 Å². The summed E-state index contributed by atoms with van der Waals surface area (Å²) >= 11 is 0. The van der Waals surface area contributed by atoms with Crippen molar-refractivity contribution >= 4 is 23.7 Å². The zero-order valence-electron chi connectivity index (χ0n) is 27.2. The minimum Gasteiger partial charge on any atom is -0.480 e. The molecule has 3 amide bonds.